The molecule has 1 aliphatic heterocycles. The molecule has 1 aromatic heterocycles. The lowest BCUT2D eigenvalue weighted by Crippen LogP contribution is -2.30. The summed E-state index contributed by atoms with van der Waals surface area (Å²) in [5, 5.41) is 8.29. The number of nitrogens with one attached hydrogen (secondary N) is 1. The summed E-state index contributed by atoms with van der Waals surface area (Å²) >= 11 is 0. The normalized spacial score (nSPS) is 14.7. The van der Waals surface area contributed by atoms with E-state index in [9.17, 15) is 9.18 Å². The van der Waals surface area contributed by atoms with Crippen molar-refractivity contribution in [2.45, 2.75) is 13.0 Å². The van der Waals surface area contributed by atoms with Gasteiger partial charge in [0.25, 0.3) is 0 Å². The second kappa shape index (κ2) is 9.97. The number of ether oxygens (including phenoxy) is 3. The molecular formula is C29H28FN3O4. The Bertz CT molecular complexity index is 1500. The minimum atomic E-state index is -0.392. The number of fused-ring (bicyclic) bond motifs is 1. The fraction of sp³-hybridized carbons (Fsp3) is 0.241. The van der Waals surface area contributed by atoms with Crippen LogP contribution in [0, 0.1) is 17.1 Å². The van der Waals surface area contributed by atoms with Crippen molar-refractivity contribution in [3.8, 4) is 28.4 Å². The predicted molar refractivity (Wildman–Crippen MR) is 137 cm³/mol. The fourth-order valence-corrected chi connectivity index (χ4v) is 4.71. The van der Waals surface area contributed by atoms with Crippen LogP contribution in [-0.2, 0) is 20.0 Å². The Morgan fingerprint density at radius 1 is 0.973 bits per heavy atom. The van der Waals surface area contributed by atoms with E-state index in [0.29, 0.717) is 41.4 Å². The standard InChI is InChI=1S/C29H28FN3O4/c1-32-8-9-33(29(32)31)16-19-13-25(20-4-6-22(30)7-5-20)28-26(14-19)27(34)21(17-37-28)10-18-11-23(35-2)15-24(12-18)36-3/h4-9,11-15,21,31H,10,16-17H2,1-3H3. The van der Waals surface area contributed by atoms with E-state index in [1.807, 2.05) is 43.7 Å². The van der Waals surface area contributed by atoms with Gasteiger partial charge in [0, 0.05) is 31.1 Å². The molecule has 0 fully saturated rings. The van der Waals surface area contributed by atoms with E-state index in [2.05, 4.69) is 0 Å². The molecule has 1 N–H and O–H groups in total. The molecule has 0 amide bonds. The van der Waals surface area contributed by atoms with Crippen LogP contribution in [0.25, 0.3) is 11.1 Å². The molecule has 2 heterocycles. The van der Waals surface area contributed by atoms with Crippen LogP contribution in [0.15, 0.2) is 67.0 Å². The highest BCUT2D eigenvalue weighted by atomic mass is 19.1. The number of hydrogen-bond acceptors (Lipinski definition) is 5. The number of benzene rings is 3. The number of methoxy groups -OCH3 is 2. The molecule has 190 valence electrons. The lowest BCUT2D eigenvalue weighted by atomic mass is 9.86. The van der Waals surface area contributed by atoms with Crippen molar-refractivity contribution in [3.05, 3.63) is 95.1 Å². The summed E-state index contributed by atoms with van der Waals surface area (Å²) < 4.78 is 34.1. The highest BCUT2D eigenvalue weighted by molar-refractivity contribution is 6.03. The topological polar surface area (TPSA) is 78.5 Å². The van der Waals surface area contributed by atoms with E-state index in [0.717, 1.165) is 22.3 Å². The Morgan fingerprint density at radius 3 is 2.27 bits per heavy atom. The van der Waals surface area contributed by atoms with Crippen LogP contribution in [-0.4, -0.2) is 35.7 Å². The highest BCUT2D eigenvalue weighted by Crippen LogP contribution is 2.40. The molecule has 1 atom stereocenters. The summed E-state index contributed by atoms with van der Waals surface area (Å²) in [6.07, 6.45) is 4.11. The van der Waals surface area contributed by atoms with Gasteiger partial charge in [-0.25, -0.2) is 4.39 Å². The second-order valence-corrected chi connectivity index (χ2v) is 9.18. The maximum Gasteiger partial charge on any atom is 0.202 e. The first-order valence-electron chi connectivity index (χ1n) is 11.9. The molecule has 0 saturated carbocycles. The highest BCUT2D eigenvalue weighted by Gasteiger charge is 2.32. The van der Waals surface area contributed by atoms with Crippen LogP contribution in [0.3, 0.4) is 0 Å². The number of aryl methyl sites for hydroxylation is 1. The third kappa shape index (κ3) is 4.87. The summed E-state index contributed by atoms with van der Waals surface area (Å²) in [5.41, 5.74) is 4.08. The molecule has 1 unspecified atom stereocenters. The van der Waals surface area contributed by atoms with Crippen molar-refractivity contribution in [2.24, 2.45) is 13.0 Å². The first-order valence-corrected chi connectivity index (χ1v) is 11.9. The minimum Gasteiger partial charge on any atom is -0.497 e. The molecule has 37 heavy (non-hydrogen) atoms. The SMILES string of the molecule is COc1cc(CC2COc3c(cc(Cn4ccn(C)c4=N)cc3-c3ccc(F)cc3)C2=O)cc(OC)c1. The Morgan fingerprint density at radius 2 is 1.65 bits per heavy atom. The summed E-state index contributed by atoms with van der Waals surface area (Å²) in [5.74, 6) is 1.08. The van der Waals surface area contributed by atoms with Crippen LogP contribution in [0.4, 0.5) is 4.39 Å². The van der Waals surface area contributed by atoms with Crippen molar-refractivity contribution < 1.29 is 23.4 Å². The van der Waals surface area contributed by atoms with Gasteiger partial charge in [0.2, 0.25) is 5.62 Å². The van der Waals surface area contributed by atoms with E-state index in [1.54, 1.807) is 41.6 Å². The number of carbonyl (C=O) groups excluding carboxylic acids is 1. The summed E-state index contributed by atoms with van der Waals surface area (Å²) in [4.78, 5) is 13.8. The van der Waals surface area contributed by atoms with Gasteiger partial charge in [0.15, 0.2) is 5.78 Å². The average molecular weight is 502 g/mol. The molecule has 5 rings (SSSR count). The monoisotopic (exact) mass is 501 g/mol. The van der Waals surface area contributed by atoms with Gasteiger partial charge in [-0.05, 0) is 59.5 Å². The number of halogens is 1. The molecule has 3 aromatic carbocycles. The summed E-state index contributed by atoms with van der Waals surface area (Å²) in [6.45, 7) is 0.634. The molecule has 7 nitrogen and oxygen atoms in total. The quantitative estimate of drug-likeness (QED) is 0.401. The number of carbonyl (C=O) groups is 1. The van der Waals surface area contributed by atoms with E-state index < -0.39 is 5.92 Å². The molecular weight excluding hydrogens is 473 g/mol. The molecule has 0 saturated heterocycles. The number of nitrogens with zero attached hydrogens (tertiary/aromatic N) is 2. The van der Waals surface area contributed by atoms with Crippen LogP contribution in [0.2, 0.25) is 0 Å². The first-order chi connectivity index (χ1) is 17.9. The maximum absolute atomic E-state index is 13.8. The third-order valence-electron chi connectivity index (χ3n) is 6.69. The number of ketones is 1. The Balaban J connectivity index is 1.54. The molecule has 4 aromatic rings. The third-order valence-corrected chi connectivity index (χ3v) is 6.69. The van der Waals surface area contributed by atoms with E-state index in [1.165, 1.54) is 12.1 Å². The number of aromatic nitrogens is 2. The van der Waals surface area contributed by atoms with Gasteiger partial charge in [0.05, 0.1) is 38.9 Å². The van der Waals surface area contributed by atoms with Crippen LogP contribution in [0.5, 0.6) is 17.2 Å². The Kier molecular flexibility index (Phi) is 6.56. The number of imidazole rings is 1. The molecule has 0 spiro atoms. The smallest absolute Gasteiger partial charge is 0.202 e. The van der Waals surface area contributed by atoms with Gasteiger partial charge in [-0.2, -0.15) is 0 Å². The maximum atomic E-state index is 13.8. The van der Waals surface area contributed by atoms with E-state index >= 15 is 0 Å². The molecule has 0 bridgehead atoms. The van der Waals surface area contributed by atoms with Crippen molar-refractivity contribution in [3.63, 3.8) is 0 Å². The first kappa shape index (κ1) is 24.4. The minimum absolute atomic E-state index is 0.0163. The summed E-state index contributed by atoms with van der Waals surface area (Å²) in [6, 6.07) is 15.5. The number of Topliss-reactive ketones (excluding diaryl/α,β-unsaturated/α-hetero) is 1. The van der Waals surface area contributed by atoms with Gasteiger partial charge in [-0.15, -0.1) is 0 Å². The number of hydrogen-bond donors (Lipinski definition) is 1. The van der Waals surface area contributed by atoms with Crippen molar-refractivity contribution >= 4 is 5.78 Å². The lowest BCUT2D eigenvalue weighted by molar-refractivity contribution is 0.0831. The van der Waals surface area contributed by atoms with Crippen LogP contribution >= 0.6 is 0 Å². The molecule has 1 aliphatic rings. The van der Waals surface area contributed by atoms with Crippen LogP contribution in [0.1, 0.15) is 21.5 Å². The second-order valence-electron chi connectivity index (χ2n) is 9.18. The van der Waals surface area contributed by atoms with E-state index in [-0.39, 0.29) is 18.2 Å². The zero-order valence-corrected chi connectivity index (χ0v) is 21.0. The molecule has 0 aliphatic carbocycles. The van der Waals surface area contributed by atoms with Gasteiger partial charge in [0.1, 0.15) is 23.1 Å². The molecule has 0 radical (unpaired) electrons. The number of rotatable bonds is 7. The fourth-order valence-electron chi connectivity index (χ4n) is 4.71. The Hall–Kier alpha value is -4.33. The summed E-state index contributed by atoms with van der Waals surface area (Å²) in [7, 11) is 5.00. The average Bonchev–Trinajstić information content (AvgIpc) is 3.22. The van der Waals surface area contributed by atoms with Gasteiger partial charge >= 0.3 is 0 Å². The van der Waals surface area contributed by atoms with Gasteiger partial charge < -0.3 is 23.3 Å². The lowest BCUT2D eigenvalue weighted by Gasteiger charge is -2.27. The zero-order valence-electron chi connectivity index (χ0n) is 21.0. The Labute approximate surface area is 214 Å². The molecule has 8 heteroatoms. The van der Waals surface area contributed by atoms with Crippen molar-refractivity contribution in [1.29, 1.82) is 5.41 Å². The van der Waals surface area contributed by atoms with Crippen molar-refractivity contribution in [2.75, 3.05) is 20.8 Å². The zero-order chi connectivity index (χ0) is 26.1. The van der Waals surface area contributed by atoms with Gasteiger partial charge in [-0.3, -0.25) is 10.2 Å². The predicted octanol–water partition coefficient (Wildman–Crippen LogP) is 4.61. The largest absolute Gasteiger partial charge is 0.497 e. The van der Waals surface area contributed by atoms with Crippen LogP contribution < -0.4 is 19.8 Å². The van der Waals surface area contributed by atoms with Crippen molar-refractivity contribution in [1.82, 2.24) is 9.13 Å². The van der Waals surface area contributed by atoms with E-state index in [4.69, 9.17) is 19.6 Å². The van der Waals surface area contributed by atoms with Gasteiger partial charge in [-0.1, -0.05) is 12.1 Å².